The van der Waals surface area contributed by atoms with Crippen LogP contribution in [0.2, 0.25) is 0 Å². The molecular weight excluding hydrogens is 631 g/mol. The van der Waals surface area contributed by atoms with E-state index < -0.39 is 5.41 Å². The fourth-order valence-electron chi connectivity index (χ4n) is 9.23. The van der Waals surface area contributed by atoms with Crippen LogP contribution in [-0.2, 0) is 10.8 Å². The highest BCUT2D eigenvalue weighted by Gasteiger charge is 2.53. The lowest BCUT2D eigenvalue weighted by atomic mass is 9.55. The Labute approximate surface area is 305 Å². The van der Waals surface area contributed by atoms with E-state index in [0.29, 0.717) is 0 Å². The van der Waals surface area contributed by atoms with E-state index in [9.17, 15) is 0 Å². The Balaban J connectivity index is 1.16. The van der Waals surface area contributed by atoms with Gasteiger partial charge in [0, 0.05) is 11.0 Å². The lowest BCUT2D eigenvalue weighted by molar-refractivity contribution is 0.563. The molecule has 250 valence electrons. The van der Waals surface area contributed by atoms with Crippen molar-refractivity contribution in [2.45, 2.75) is 37.0 Å². The van der Waals surface area contributed by atoms with Crippen molar-refractivity contribution in [1.82, 2.24) is 5.32 Å². The number of benzene rings is 7. The maximum atomic E-state index is 5.21. The number of nitrogens with one attached hydrogen (secondary N) is 1. The van der Waals surface area contributed by atoms with Crippen LogP contribution in [-0.4, -0.2) is 5.84 Å². The maximum Gasteiger partial charge on any atom is 0.126 e. The molecule has 1 spiro atoms. The third-order valence-electron chi connectivity index (χ3n) is 11.6. The molecule has 2 aliphatic carbocycles. The Kier molecular flexibility index (Phi) is 6.96. The Morgan fingerprint density at radius 1 is 0.481 bits per heavy atom. The highest BCUT2D eigenvalue weighted by atomic mass is 15.3. The minimum absolute atomic E-state index is 0.128. The van der Waals surface area contributed by atoms with Gasteiger partial charge in [0.05, 0.1) is 5.41 Å². The van der Waals surface area contributed by atoms with Gasteiger partial charge >= 0.3 is 0 Å². The minimum atomic E-state index is -0.426. The number of hydrogen-bond donors (Lipinski definition) is 1. The van der Waals surface area contributed by atoms with Gasteiger partial charge < -0.3 is 10.6 Å². The second-order valence-electron chi connectivity index (χ2n) is 14.7. The molecule has 0 amide bonds. The maximum absolute atomic E-state index is 5.21. The monoisotopic (exact) mass is 668 g/mol. The lowest BCUT2D eigenvalue weighted by Crippen LogP contribution is -2.40. The van der Waals surface area contributed by atoms with Gasteiger partial charge in [0.25, 0.3) is 0 Å². The van der Waals surface area contributed by atoms with E-state index >= 15 is 0 Å². The normalized spacial score (nSPS) is 18.7. The largest absolute Gasteiger partial charge is 0.613 e. The minimum Gasteiger partial charge on any atom is -0.613 e. The van der Waals surface area contributed by atoms with E-state index in [1.165, 1.54) is 55.6 Å². The summed E-state index contributed by atoms with van der Waals surface area (Å²) in [4.78, 5) is 5.21. The summed E-state index contributed by atoms with van der Waals surface area (Å²) in [7, 11) is 0. The van der Waals surface area contributed by atoms with Crippen molar-refractivity contribution >= 4 is 5.84 Å². The van der Waals surface area contributed by atoms with Crippen LogP contribution < -0.4 is 5.32 Å². The van der Waals surface area contributed by atoms with E-state index in [2.05, 4.69) is 183 Å². The van der Waals surface area contributed by atoms with Crippen molar-refractivity contribution in [2.75, 3.05) is 0 Å². The predicted molar refractivity (Wildman–Crippen MR) is 213 cm³/mol. The Bertz CT molecular complexity index is 2460. The second-order valence-corrected chi connectivity index (χ2v) is 14.7. The van der Waals surface area contributed by atoms with Crippen molar-refractivity contribution < 1.29 is 0 Å². The SMILES string of the molecule is CC1(C)c2ccccc2C2(c3ccccc3-c3c(-c4cccc(C5=NC(c6ccccc6)[N-]C(c6ccccc6)N5)c4)cccc32)c2ccccc21. The molecule has 3 nitrogen and oxygen atoms in total. The molecule has 2 unspecified atom stereocenters. The summed E-state index contributed by atoms with van der Waals surface area (Å²) in [6.07, 6.45) is -0.527. The topological polar surface area (TPSA) is 38.5 Å². The Hall–Kier alpha value is -6.03. The molecule has 1 heterocycles. The second kappa shape index (κ2) is 11.8. The van der Waals surface area contributed by atoms with Crippen LogP contribution in [0.5, 0.6) is 0 Å². The molecule has 2 atom stereocenters. The summed E-state index contributed by atoms with van der Waals surface area (Å²) in [5.74, 6) is 0.848. The molecule has 7 aromatic carbocycles. The number of aliphatic imine (C=N–C) groups is 1. The molecule has 3 aliphatic rings. The van der Waals surface area contributed by atoms with Gasteiger partial charge in [-0.2, -0.15) is 0 Å². The van der Waals surface area contributed by atoms with Crippen LogP contribution in [0.15, 0.2) is 181 Å². The number of amidine groups is 1. The van der Waals surface area contributed by atoms with Crippen LogP contribution in [0, 0.1) is 0 Å². The smallest absolute Gasteiger partial charge is 0.126 e. The Morgan fingerprint density at radius 3 is 1.69 bits per heavy atom. The zero-order chi connectivity index (χ0) is 34.9. The zero-order valence-electron chi connectivity index (χ0n) is 29.3. The molecule has 0 aromatic heterocycles. The summed E-state index contributed by atoms with van der Waals surface area (Å²) < 4.78 is 0. The fraction of sp³-hybridized carbons (Fsp3) is 0.122. The summed E-state index contributed by atoms with van der Waals surface area (Å²) in [6.45, 7) is 4.75. The van der Waals surface area contributed by atoms with Gasteiger partial charge in [-0.25, -0.2) is 0 Å². The van der Waals surface area contributed by atoms with Crippen molar-refractivity contribution in [3.05, 3.63) is 231 Å². The van der Waals surface area contributed by atoms with Gasteiger partial charge in [-0.05, 0) is 85.2 Å². The van der Waals surface area contributed by atoms with Crippen LogP contribution >= 0.6 is 0 Å². The molecule has 0 saturated heterocycles. The van der Waals surface area contributed by atoms with Gasteiger partial charge in [-0.1, -0.05) is 184 Å². The quantitative estimate of drug-likeness (QED) is 0.199. The van der Waals surface area contributed by atoms with Crippen LogP contribution in [0.4, 0.5) is 0 Å². The molecule has 0 saturated carbocycles. The summed E-state index contributed by atoms with van der Waals surface area (Å²) >= 11 is 0. The predicted octanol–water partition coefficient (Wildman–Crippen LogP) is 11.5. The summed E-state index contributed by atoms with van der Waals surface area (Å²) in [6, 6.07) is 64.0. The first-order valence-electron chi connectivity index (χ1n) is 18.2. The molecule has 1 aliphatic heterocycles. The molecule has 0 radical (unpaired) electrons. The Morgan fingerprint density at radius 2 is 1.00 bits per heavy atom. The van der Waals surface area contributed by atoms with E-state index in [-0.39, 0.29) is 17.7 Å². The van der Waals surface area contributed by atoms with Crippen LogP contribution in [0.3, 0.4) is 0 Å². The van der Waals surface area contributed by atoms with E-state index in [1.54, 1.807) is 0 Å². The van der Waals surface area contributed by atoms with E-state index in [1.807, 2.05) is 12.1 Å². The van der Waals surface area contributed by atoms with E-state index in [0.717, 1.165) is 22.5 Å². The van der Waals surface area contributed by atoms with Crippen molar-refractivity contribution in [3.8, 4) is 22.3 Å². The van der Waals surface area contributed by atoms with Crippen LogP contribution in [0.1, 0.15) is 76.3 Å². The standard InChI is InChI=1S/C49H38N3/c1-48(2)39-26-11-13-28-41(39)49(42-29-14-12-27-40(42)48)38-25-10-9-23-37(38)44-36(24-16-30-43(44)49)34-21-15-22-35(31-34)47-51-45(32-17-5-3-6-18-32)50-46(52-47)33-19-7-4-8-20-33/h3-31,45-46H,1-2H3,(H,51,52)/q-1. The van der Waals surface area contributed by atoms with Crippen molar-refractivity contribution in [2.24, 2.45) is 4.99 Å². The molecule has 1 N–H and O–H groups in total. The van der Waals surface area contributed by atoms with Gasteiger partial charge in [0.1, 0.15) is 5.84 Å². The van der Waals surface area contributed by atoms with Gasteiger partial charge in [0.15, 0.2) is 0 Å². The highest BCUT2D eigenvalue weighted by Crippen LogP contribution is 2.63. The van der Waals surface area contributed by atoms with Crippen molar-refractivity contribution in [3.63, 3.8) is 0 Å². The van der Waals surface area contributed by atoms with Crippen LogP contribution in [0.25, 0.3) is 27.6 Å². The third kappa shape index (κ3) is 4.46. The third-order valence-corrected chi connectivity index (χ3v) is 11.6. The first-order valence-corrected chi connectivity index (χ1v) is 18.2. The number of nitrogens with zero attached hydrogens (tertiary/aromatic N) is 2. The van der Waals surface area contributed by atoms with Gasteiger partial charge in [-0.15, -0.1) is 0 Å². The first kappa shape index (κ1) is 30.8. The number of fused-ring (bicyclic) bond motifs is 9. The molecule has 0 bridgehead atoms. The summed E-state index contributed by atoms with van der Waals surface area (Å²) in [5.41, 5.74) is 15.9. The molecule has 52 heavy (non-hydrogen) atoms. The summed E-state index contributed by atoms with van der Waals surface area (Å²) in [5, 5.41) is 8.84. The highest BCUT2D eigenvalue weighted by molar-refractivity contribution is 6.02. The van der Waals surface area contributed by atoms with E-state index in [4.69, 9.17) is 10.3 Å². The van der Waals surface area contributed by atoms with Gasteiger partial charge in [0.2, 0.25) is 0 Å². The lowest BCUT2D eigenvalue weighted by Gasteiger charge is -2.46. The molecule has 0 fully saturated rings. The molecule has 7 aromatic rings. The zero-order valence-corrected chi connectivity index (χ0v) is 29.3. The average molecular weight is 669 g/mol. The first-order chi connectivity index (χ1) is 25.5. The molecular formula is C49H38N3-. The van der Waals surface area contributed by atoms with Crippen molar-refractivity contribution in [1.29, 1.82) is 0 Å². The van der Waals surface area contributed by atoms with Gasteiger partial charge in [-0.3, -0.25) is 4.99 Å². The molecule has 3 heteroatoms. The fourth-order valence-corrected chi connectivity index (χ4v) is 9.23. The number of hydrogen-bond acceptors (Lipinski definition) is 2. The molecule has 10 rings (SSSR count). The number of rotatable bonds is 4. The average Bonchev–Trinajstić information content (AvgIpc) is 3.52.